The lowest BCUT2D eigenvalue weighted by Gasteiger charge is -2.04. The van der Waals surface area contributed by atoms with Crippen molar-refractivity contribution in [1.82, 2.24) is 9.97 Å². The third kappa shape index (κ3) is 1.53. The maximum Gasteiger partial charge on any atom is 0.110 e. The maximum absolute atomic E-state index is 5.57. The molecule has 0 unspecified atom stereocenters. The molecule has 82 valence electrons. The number of imidazole rings is 1. The van der Waals surface area contributed by atoms with Gasteiger partial charge in [-0.05, 0) is 24.0 Å². The van der Waals surface area contributed by atoms with Crippen LogP contribution in [0.5, 0.6) is 0 Å². The van der Waals surface area contributed by atoms with Gasteiger partial charge in [0.2, 0.25) is 0 Å². The highest BCUT2D eigenvalue weighted by Gasteiger charge is 2.24. The van der Waals surface area contributed by atoms with Crippen LogP contribution < -0.4 is 5.73 Å². The average Bonchev–Trinajstić information content (AvgIpc) is 2.95. The molecule has 3 nitrogen and oxygen atoms in total. The molecule has 0 amide bonds. The molecule has 0 spiro atoms. The minimum Gasteiger partial charge on any atom is -0.345 e. The number of benzene rings is 1. The highest BCUT2D eigenvalue weighted by molar-refractivity contribution is 5.35. The van der Waals surface area contributed by atoms with Gasteiger partial charge in [-0.1, -0.05) is 24.3 Å². The third-order valence-corrected chi connectivity index (χ3v) is 3.31. The zero-order chi connectivity index (χ0) is 11.0. The Bertz CT molecular complexity index is 476. The summed E-state index contributed by atoms with van der Waals surface area (Å²) in [5.74, 6) is 1.58. The number of nitrogens with two attached hydrogens (primary N) is 1. The Balaban J connectivity index is 1.85. The van der Waals surface area contributed by atoms with E-state index < -0.39 is 0 Å². The second kappa shape index (κ2) is 3.76. The summed E-state index contributed by atoms with van der Waals surface area (Å²) in [5, 5.41) is 0. The van der Waals surface area contributed by atoms with Crippen molar-refractivity contribution < 1.29 is 0 Å². The highest BCUT2D eigenvalue weighted by Crippen LogP contribution is 2.32. The van der Waals surface area contributed by atoms with Crippen molar-refractivity contribution in [3.63, 3.8) is 0 Å². The molecule has 0 radical (unpaired) electrons. The predicted molar refractivity (Wildman–Crippen MR) is 63.1 cm³/mol. The van der Waals surface area contributed by atoms with Crippen LogP contribution in [0.1, 0.15) is 28.6 Å². The quantitative estimate of drug-likeness (QED) is 0.798. The fourth-order valence-electron chi connectivity index (χ4n) is 2.44. The average molecular weight is 213 g/mol. The number of aromatic amines is 1. The predicted octanol–water partition coefficient (Wildman–Crippen LogP) is 1.75. The molecule has 0 bridgehead atoms. The number of nitrogens with one attached hydrogen (secondary N) is 1. The minimum absolute atomic E-state index is 0.498. The Morgan fingerprint density at radius 1 is 1.25 bits per heavy atom. The van der Waals surface area contributed by atoms with Gasteiger partial charge >= 0.3 is 0 Å². The van der Waals surface area contributed by atoms with E-state index in [1.807, 2.05) is 6.20 Å². The Kier molecular flexibility index (Phi) is 2.26. The van der Waals surface area contributed by atoms with Crippen LogP contribution in [0.2, 0.25) is 0 Å². The number of hydrogen-bond acceptors (Lipinski definition) is 2. The summed E-state index contributed by atoms with van der Waals surface area (Å²) in [6, 6.07) is 8.63. The number of fused-ring (bicyclic) bond motifs is 1. The van der Waals surface area contributed by atoms with E-state index in [0.29, 0.717) is 12.5 Å². The van der Waals surface area contributed by atoms with Crippen molar-refractivity contribution in [3.05, 3.63) is 53.1 Å². The molecule has 0 aliphatic heterocycles. The first-order chi connectivity index (χ1) is 7.86. The molecule has 1 heterocycles. The number of nitrogens with zero attached hydrogens (tertiary/aromatic N) is 1. The van der Waals surface area contributed by atoms with Crippen LogP contribution in [0.4, 0.5) is 0 Å². The largest absolute Gasteiger partial charge is 0.345 e. The Hall–Kier alpha value is -1.61. The maximum atomic E-state index is 5.57. The lowest BCUT2D eigenvalue weighted by molar-refractivity contribution is 0.691. The third-order valence-electron chi connectivity index (χ3n) is 3.31. The first-order valence-electron chi connectivity index (χ1n) is 5.67. The molecule has 1 aromatic carbocycles. The monoisotopic (exact) mass is 213 g/mol. The molecule has 3 N–H and O–H groups in total. The number of rotatable bonds is 2. The number of H-pyrrole nitrogens is 1. The fourth-order valence-corrected chi connectivity index (χ4v) is 2.44. The first-order valence-corrected chi connectivity index (χ1v) is 5.67. The smallest absolute Gasteiger partial charge is 0.110 e. The van der Waals surface area contributed by atoms with Crippen molar-refractivity contribution >= 4 is 0 Å². The standard InChI is InChI=1S/C13H15N3/c14-7-12-8-15-13(16-12)11-5-9-3-1-2-4-10(9)6-11/h1-4,8,11H,5-7,14H2,(H,15,16). The lowest BCUT2D eigenvalue weighted by Crippen LogP contribution is -2.02. The summed E-state index contributed by atoms with van der Waals surface area (Å²) in [7, 11) is 0. The molecule has 0 fully saturated rings. The van der Waals surface area contributed by atoms with E-state index in [0.717, 1.165) is 24.4 Å². The van der Waals surface area contributed by atoms with E-state index in [4.69, 9.17) is 5.73 Å². The van der Waals surface area contributed by atoms with Crippen LogP contribution in [0.25, 0.3) is 0 Å². The molecule has 1 aromatic heterocycles. The summed E-state index contributed by atoms with van der Waals surface area (Å²) in [6.45, 7) is 0.534. The Morgan fingerprint density at radius 2 is 1.94 bits per heavy atom. The fraction of sp³-hybridized carbons (Fsp3) is 0.308. The van der Waals surface area contributed by atoms with Gasteiger partial charge in [0.15, 0.2) is 0 Å². The summed E-state index contributed by atoms with van der Waals surface area (Å²) in [6.07, 6.45) is 4.03. The van der Waals surface area contributed by atoms with Gasteiger partial charge in [0.05, 0.1) is 0 Å². The van der Waals surface area contributed by atoms with Crippen LogP contribution >= 0.6 is 0 Å². The van der Waals surface area contributed by atoms with E-state index in [1.54, 1.807) is 0 Å². The van der Waals surface area contributed by atoms with Gasteiger partial charge in [-0.15, -0.1) is 0 Å². The topological polar surface area (TPSA) is 54.7 Å². The molecular weight excluding hydrogens is 198 g/mol. The van der Waals surface area contributed by atoms with Crippen LogP contribution in [-0.2, 0) is 19.4 Å². The van der Waals surface area contributed by atoms with Gasteiger partial charge in [0, 0.05) is 24.4 Å². The van der Waals surface area contributed by atoms with Crippen molar-refractivity contribution in [1.29, 1.82) is 0 Å². The number of aromatic nitrogens is 2. The Morgan fingerprint density at radius 3 is 2.50 bits per heavy atom. The molecule has 1 aliphatic carbocycles. The van der Waals surface area contributed by atoms with Gasteiger partial charge in [-0.2, -0.15) is 0 Å². The van der Waals surface area contributed by atoms with Crippen LogP contribution in [0, 0.1) is 0 Å². The first kappa shape index (κ1) is 9.60. The van der Waals surface area contributed by atoms with E-state index in [9.17, 15) is 0 Å². The van der Waals surface area contributed by atoms with Gasteiger partial charge in [0.1, 0.15) is 5.82 Å². The minimum atomic E-state index is 0.498. The lowest BCUT2D eigenvalue weighted by atomic mass is 10.1. The van der Waals surface area contributed by atoms with E-state index in [2.05, 4.69) is 34.2 Å². The molecule has 16 heavy (non-hydrogen) atoms. The SMILES string of the molecule is NCc1cnc(C2Cc3ccccc3C2)[nH]1. The molecule has 0 saturated heterocycles. The zero-order valence-electron chi connectivity index (χ0n) is 9.11. The Labute approximate surface area is 94.7 Å². The highest BCUT2D eigenvalue weighted by atomic mass is 14.9. The summed E-state index contributed by atoms with van der Waals surface area (Å²) in [4.78, 5) is 7.72. The second-order valence-electron chi connectivity index (χ2n) is 4.37. The summed E-state index contributed by atoms with van der Waals surface area (Å²) < 4.78 is 0. The van der Waals surface area contributed by atoms with Crippen molar-refractivity contribution in [2.45, 2.75) is 25.3 Å². The summed E-state index contributed by atoms with van der Waals surface area (Å²) >= 11 is 0. The molecular formula is C13H15N3. The van der Waals surface area contributed by atoms with Crippen molar-refractivity contribution in [2.75, 3.05) is 0 Å². The van der Waals surface area contributed by atoms with Gasteiger partial charge < -0.3 is 10.7 Å². The van der Waals surface area contributed by atoms with E-state index in [-0.39, 0.29) is 0 Å². The second-order valence-corrected chi connectivity index (χ2v) is 4.37. The molecule has 0 atom stereocenters. The van der Waals surface area contributed by atoms with Crippen LogP contribution in [0.15, 0.2) is 30.5 Å². The van der Waals surface area contributed by atoms with Gasteiger partial charge in [-0.25, -0.2) is 4.98 Å². The van der Waals surface area contributed by atoms with Crippen LogP contribution in [0.3, 0.4) is 0 Å². The molecule has 0 saturated carbocycles. The van der Waals surface area contributed by atoms with Crippen molar-refractivity contribution in [3.8, 4) is 0 Å². The van der Waals surface area contributed by atoms with E-state index >= 15 is 0 Å². The molecule has 3 rings (SSSR count). The number of hydrogen-bond donors (Lipinski definition) is 2. The van der Waals surface area contributed by atoms with Gasteiger partial charge in [0.25, 0.3) is 0 Å². The molecule has 3 heteroatoms. The normalized spacial score (nSPS) is 15.3. The van der Waals surface area contributed by atoms with Crippen LogP contribution in [-0.4, -0.2) is 9.97 Å². The summed E-state index contributed by atoms with van der Waals surface area (Å²) in [5.41, 5.74) is 9.51. The van der Waals surface area contributed by atoms with Gasteiger partial charge in [-0.3, -0.25) is 0 Å². The molecule has 2 aromatic rings. The van der Waals surface area contributed by atoms with E-state index in [1.165, 1.54) is 11.1 Å². The van der Waals surface area contributed by atoms with Crippen molar-refractivity contribution in [2.24, 2.45) is 5.73 Å². The molecule has 1 aliphatic rings. The zero-order valence-corrected chi connectivity index (χ0v) is 9.11.